The van der Waals surface area contributed by atoms with Crippen LogP contribution in [-0.2, 0) is 20.5 Å². The van der Waals surface area contributed by atoms with E-state index in [-0.39, 0.29) is 12.4 Å². The van der Waals surface area contributed by atoms with Gasteiger partial charge in [0.15, 0.2) is 0 Å². The number of fused-ring (bicyclic) bond motifs is 1. The van der Waals surface area contributed by atoms with Gasteiger partial charge in [0.05, 0.1) is 18.0 Å². The molecule has 1 aromatic carbocycles. The molecule has 0 bridgehead atoms. The lowest BCUT2D eigenvalue weighted by Crippen LogP contribution is -2.34. The molecule has 0 saturated carbocycles. The van der Waals surface area contributed by atoms with E-state index in [4.69, 9.17) is 4.74 Å². The van der Waals surface area contributed by atoms with Crippen LogP contribution in [0.25, 0.3) is 0 Å². The molecule has 0 radical (unpaired) electrons. The smallest absolute Gasteiger partial charge is 0.428 e. The Labute approximate surface area is 93.7 Å². The largest absolute Gasteiger partial charge is 0.449 e. The van der Waals surface area contributed by atoms with Crippen molar-refractivity contribution in [3.05, 3.63) is 29.8 Å². The predicted molar refractivity (Wildman–Crippen MR) is 58.6 cm³/mol. The fourth-order valence-corrected chi connectivity index (χ4v) is 3.16. The Hall–Kier alpha value is -1.56. The van der Waals surface area contributed by atoms with Gasteiger partial charge in [-0.3, -0.25) is 0 Å². The summed E-state index contributed by atoms with van der Waals surface area (Å²) in [4.78, 5) is 11.5. The quantitative estimate of drug-likeness (QED) is 0.747. The van der Waals surface area contributed by atoms with E-state index in [1.807, 2.05) is 0 Å². The third kappa shape index (κ3) is 1.65. The Morgan fingerprint density at radius 2 is 2.12 bits per heavy atom. The van der Waals surface area contributed by atoms with Crippen molar-refractivity contribution in [3.8, 4) is 0 Å². The molecule has 0 N–H and O–H groups in total. The van der Waals surface area contributed by atoms with Crippen molar-refractivity contribution in [2.24, 2.45) is 0 Å². The van der Waals surface area contributed by atoms with Crippen molar-refractivity contribution in [1.29, 1.82) is 0 Å². The van der Waals surface area contributed by atoms with E-state index in [0.717, 1.165) is 4.31 Å². The Kier molecular flexibility index (Phi) is 2.59. The van der Waals surface area contributed by atoms with Gasteiger partial charge in [0, 0.05) is 0 Å². The van der Waals surface area contributed by atoms with E-state index in [2.05, 4.69) is 0 Å². The molecule has 6 heteroatoms. The minimum absolute atomic E-state index is 0.146. The number of carbonyl (C=O) groups is 1. The lowest BCUT2D eigenvalue weighted by atomic mass is 10.2. The minimum atomic E-state index is -3.61. The third-order valence-corrected chi connectivity index (χ3v) is 3.84. The average Bonchev–Trinajstić information content (AvgIpc) is 2.47. The number of benzene rings is 1. The molecule has 0 fully saturated rings. The zero-order chi connectivity index (χ0) is 11.8. The summed E-state index contributed by atoms with van der Waals surface area (Å²) >= 11 is 0. The Balaban J connectivity index is 2.47. The second-order valence-electron chi connectivity index (χ2n) is 3.35. The van der Waals surface area contributed by atoms with Crippen LogP contribution in [0.1, 0.15) is 12.5 Å². The summed E-state index contributed by atoms with van der Waals surface area (Å²) in [5.41, 5.74) is 1.01. The monoisotopic (exact) mass is 241 g/mol. The molecule has 86 valence electrons. The summed E-state index contributed by atoms with van der Waals surface area (Å²) in [6.45, 7) is 1.78. The topological polar surface area (TPSA) is 63.7 Å². The van der Waals surface area contributed by atoms with Crippen LogP contribution in [0.3, 0.4) is 0 Å². The first-order chi connectivity index (χ1) is 7.56. The number of hydrogen-bond donors (Lipinski definition) is 0. The fraction of sp³-hybridized carbons (Fsp3) is 0.300. The predicted octanol–water partition coefficient (Wildman–Crippen LogP) is 1.49. The summed E-state index contributed by atoms with van der Waals surface area (Å²) in [6, 6.07) is 6.71. The van der Waals surface area contributed by atoms with Gasteiger partial charge in [-0.2, -0.15) is 4.31 Å². The maximum absolute atomic E-state index is 11.8. The first kappa shape index (κ1) is 10.9. The van der Waals surface area contributed by atoms with Crippen molar-refractivity contribution < 1.29 is 17.9 Å². The van der Waals surface area contributed by atoms with Gasteiger partial charge in [-0.1, -0.05) is 18.2 Å². The molecule has 1 amide bonds. The second kappa shape index (κ2) is 3.79. The SMILES string of the molecule is CCOC(=O)N1c2ccccc2CS1(=O)=O. The van der Waals surface area contributed by atoms with Crippen LogP contribution in [0.4, 0.5) is 10.5 Å². The number of sulfonamides is 1. The van der Waals surface area contributed by atoms with E-state index >= 15 is 0 Å². The van der Waals surface area contributed by atoms with Crippen LogP contribution in [0, 0.1) is 0 Å². The van der Waals surface area contributed by atoms with Crippen LogP contribution in [-0.4, -0.2) is 21.1 Å². The number of carbonyl (C=O) groups excluding carboxylic acids is 1. The molecular weight excluding hydrogens is 230 g/mol. The molecule has 16 heavy (non-hydrogen) atoms. The molecule has 0 saturated heterocycles. The van der Waals surface area contributed by atoms with Crippen molar-refractivity contribution in [2.45, 2.75) is 12.7 Å². The Morgan fingerprint density at radius 1 is 1.44 bits per heavy atom. The number of nitrogens with zero attached hydrogens (tertiary/aromatic N) is 1. The maximum Gasteiger partial charge on any atom is 0.428 e. The number of amides is 1. The molecule has 0 atom stereocenters. The molecule has 1 aliphatic rings. The number of hydrogen-bond acceptors (Lipinski definition) is 4. The van der Waals surface area contributed by atoms with Gasteiger partial charge in [0.25, 0.3) is 0 Å². The minimum Gasteiger partial charge on any atom is -0.449 e. The summed E-state index contributed by atoms with van der Waals surface area (Å²) in [5, 5.41) is 0. The van der Waals surface area contributed by atoms with Gasteiger partial charge in [-0.15, -0.1) is 0 Å². The second-order valence-corrected chi connectivity index (χ2v) is 5.17. The van der Waals surface area contributed by atoms with E-state index in [9.17, 15) is 13.2 Å². The molecule has 0 unspecified atom stereocenters. The van der Waals surface area contributed by atoms with E-state index in [1.165, 1.54) is 0 Å². The van der Waals surface area contributed by atoms with Crippen LogP contribution in [0.15, 0.2) is 24.3 Å². The van der Waals surface area contributed by atoms with Crippen molar-refractivity contribution in [2.75, 3.05) is 10.9 Å². The maximum atomic E-state index is 11.8. The van der Waals surface area contributed by atoms with E-state index in [1.54, 1.807) is 31.2 Å². The summed E-state index contributed by atoms with van der Waals surface area (Å²) in [7, 11) is -3.61. The highest BCUT2D eigenvalue weighted by Crippen LogP contribution is 2.33. The molecular formula is C10H11NO4S. The number of ether oxygens (including phenoxy) is 1. The van der Waals surface area contributed by atoms with E-state index in [0.29, 0.717) is 11.3 Å². The standard InChI is InChI=1S/C10H11NO4S/c1-2-15-10(12)11-9-6-4-3-5-8(9)7-16(11,13)14/h3-6H,2,7H2,1H3. The molecule has 1 aliphatic heterocycles. The van der Waals surface area contributed by atoms with Gasteiger partial charge >= 0.3 is 6.09 Å². The lowest BCUT2D eigenvalue weighted by Gasteiger charge is -2.14. The number of rotatable bonds is 1. The summed E-state index contributed by atoms with van der Waals surface area (Å²) in [5.74, 6) is -0.151. The fourth-order valence-electron chi connectivity index (χ4n) is 1.64. The van der Waals surface area contributed by atoms with Crippen molar-refractivity contribution >= 4 is 21.8 Å². The normalized spacial score (nSPS) is 16.9. The van der Waals surface area contributed by atoms with E-state index < -0.39 is 16.1 Å². The number of para-hydroxylation sites is 1. The molecule has 1 heterocycles. The molecule has 0 spiro atoms. The molecule has 0 aliphatic carbocycles. The number of anilines is 1. The van der Waals surface area contributed by atoms with Gasteiger partial charge in [-0.25, -0.2) is 13.2 Å². The van der Waals surface area contributed by atoms with Crippen molar-refractivity contribution in [1.82, 2.24) is 0 Å². The first-order valence-corrected chi connectivity index (χ1v) is 6.45. The average molecular weight is 241 g/mol. The first-order valence-electron chi connectivity index (χ1n) is 4.84. The Morgan fingerprint density at radius 3 is 2.81 bits per heavy atom. The van der Waals surface area contributed by atoms with Crippen LogP contribution in [0.2, 0.25) is 0 Å². The zero-order valence-corrected chi connectivity index (χ0v) is 9.53. The third-order valence-electron chi connectivity index (χ3n) is 2.26. The van der Waals surface area contributed by atoms with Crippen LogP contribution in [0.5, 0.6) is 0 Å². The van der Waals surface area contributed by atoms with Crippen LogP contribution >= 0.6 is 0 Å². The van der Waals surface area contributed by atoms with Gasteiger partial charge in [0.2, 0.25) is 10.0 Å². The van der Waals surface area contributed by atoms with Gasteiger partial charge < -0.3 is 4.74 Å². The summed E-state index contributed by atoms with van der Waals surface area (Å²) in [6.07, 6.45) is -0.840. The zero-order valence-electron chi connectivity index (χ0n) is 8.71. The highest BCUT2D eigenvalue weighted by Gasteiger charge is 2.38. The highest BCUT2D eigenvalue weighted by atomic mass is 32.2. The van der Waals surface area contributed by atoms with Crippen molar-refractivity contribution in [3.63, 3.8) is 0 Å². The molecule has 2 rings (SSSR count). The highest BCUT2D eigenvalue weighted by molar-refractivity contribution is 7.93. The van der Waals surface area contributed by atoms with Gasteiger partial charge in [0.1, 0.15) is 0 Å². The molecule has 0 aromatic heterocycles. The Bertz CT molecular complexity index is 523. The van der Waals surface area contributed by atoms with Crippen LogP contribution < -0.4 is 4.31 Å². The molecule has 5 nitrogen and oxygen atoms in total. The lowest BCUT2D eigenvalue weighted by molar-refractivity contribution is 0.164. The molecule has 1 aromatic rings. The summed E-state index contributed by atoms with van der Waals surface area (Å²) < 4.78 is 29.0. The van der Waals surface area contributed by atoms with Gasteiger partial charge in [-0.05, 0) is 18.6 Å².